The van der Waals surface area contributed by atoms with Crippen molar-refractivity contribution in [2.75, 3.05) is 6.54 Å². The van der Waals surface area contributed by atoms with Crippen LogP contribution in [-0.2, 0) is 22.6 Å². The zero-order valence-electron chi connectivity index (χ0n) is 16.3. The first-order chi connectivity index (χ1) is 13.4. The van der Waals surface area contributed by atoms with Gasteiger partial charge in [-0.05, 0) is 48.7 Å². The van der Waals surface area contributed by atoms with Crippen molar-refractivity contribution in [2.45, 2.75) is 45.7 Å². The van der Waals surface area contributed by atoms with E-state index in [0.29, 0.717) is 23.1 Å². The first-order valence-corrected chi connectivity index (χ1v) is 10.2. The number of carbonyl (C=O) groups is 2. The lowest BCUT2D eigenvalue weighted by atomic mass is 10.1. The average Bonchev–Trinajstić information content (AvgIpc) is 2.68. The van der Waals surface area contributed by atoms with Gasteiger partial charge in [-0.2, -0.15) is 0 Å². The summed E-state index contributed by atoms with van der Waals surface area (Å²) in [7, 11) is 0. The molecule has 150 valence electrons. The van der Waals surface area contributed by atoms with Gasteiger partial charge >= 0.3 is 0 Å². The van der Waals surface area contributed by atoms with E-state index in [1.165, 1.54) is 0 Å². The highest BCUT2D eigenvalue weighted by molar-refractivity contribution is 6.30. The zero-order chi connectivity index (χ0) is 20.5. The number of hydrogen-bond donors (Lipinski definition) is 1. The van der Waals surface area contributed by atoms with Crippen molar-refractivity contribution in [1.29, 1.82) is 0 Å². The molecule has 0 spiro atoms. The van der Waals surface area contributed by atoms with Crippen LogP contribution in [0.5, 0.6) is 0 Å². The summed E-state index contributed by atoms with van der Waals surface area (Å²) in [5.41, 5.74) is 1.77. The van der Waals surface area contributed by atoms with Crippen LogP contribution in [0.1, 0.15) is 37.8 Å². The molecular formula is C22H26Cl2N2O2. The summed E-state index contributed by atoms with van der Waals surface area (Å²) in [4.78, 5) is 27.2. The van der Waals surface area contributed by atoms with Gasteiger partial charge < -0.3 is 10.2 Å². The van der Waals surface area contributed by atoms with Gasteiger partial charge in [-0.25, -0.2) is 0 Å². The molecule has 0 aliphatic carbocycles. The smallest absolute Gasteiger partial charge is 0.242 e. The van der Waals surface area contributed by atoms with Gasteiger partial charge in [0.1, 0.15) is 6.04 Å². The highest BCUT2D eigenvalue weighted by atomic mass is 35.5. The largest absolute Gasteiger partial charge is 0.354 e. The Morgan fingerprint density at radius 3 is 2.04 bits per heavy atom. The van der Waals surface area contributed by atoms with Crippen molar-refractivity contribution in [1.82, 2.24) is 10.2 Å². The van der Waals surface area contributed by atoms with Gasteiger partial charge in [0, 0.05) is 23.1 Å². The Balaban J connectivity index is 2.15. The molecule has 0 aliphatic rings. The van der Waals surface area contributed by atoms with Gasteiger partial charge in [-0.15, -0.1) is 0 Å². The topological polar surface area (TPSA) is 49.4 Å². The number of rotatable bonds is 9. The maximum absolute atomic E-state index is 13.0. The zero-order valence-corrected chi connectivity index (χ0v) is 17.8. The normalized spacial score (nSPS) is 11.7. The lowest BCUT2D eigenvalue weighted by Gasteiger charge is -2.29. The molecule has 0 saturated heterocycles. The maximum atomic E-state index is 13.0. The van der Waals surface area contributed by atoms with E-state index in [-0.39, 0.29) is 18.2 Å². The summed E-state index contributed by atoms with van der Waals surface area (Å²) in [5.74, 6) is -0.262. The van der Waals surface area contributed by atoms with Gasteiger partial charge in [0.05, 0.1) is 6.42 Å². The summed E-state index contributed by atoms with van der Waals surface area (Å²) in [6.45, 7) is 4.78. The molecule has 0 bridgehead atoms. The van der Waals surface area contributed by atoms with E-state index in [9.17, 15) is 9.59 Å². The Hall–Kier alpha value is -2.04. The van der Waals surface area contributed by atoms with Crippen LogP contribution in [0.15, 0.2) is 48.5 Å². The maximum Gasteiger partial charge on any atom is 0.242 e. The molecule has 0 radical (unpaired) electrons. The second-order valence-electron chi connectivity index (χ2n) is 6.77. The fourth-order valence-corrected chi connectivity index (χ4v) is 3.04. The molecule has 0 aliphatic heterocycles. The Kier molecular flexibility index (Phi) is 8.81. The van der Waals surface area contributed by atoms with E-state index in [2.05, 4.69) is 12.2 Å². The van der Waals surface area contributed by atoms with E-state index in [0.717, 1.165) is 24.0 Å². The Morgan fingerprint density at radius 1 is 0.964 bits per heavy atom. The van der Waals surface area contributed by atoms with Gasteiger partial charge in [0.25, 0.3) is 0 Å². The number of unbranched alkanes of at least 4 members (excludes halogenated alkanes) is 1. The highest BCUT2D eigenvalue weighted by Crippen LogP contribution is 2.16. The van der Waals surface area contributed by atoms with E-state index in [1.807, 2.05) is 24.3 Å². The Labute approximate surface area is 176 Å². The fourth-order valence-electron chi connectivity index (χ4n) is 2.78. The third-order valence-electron chi connectivity index (χ3n) is 4.53. The summed E-state index contributed by atoms with van der Waals surface area (Å²) in [5, 5.41) is 4.17. The number of benzene rings is 2. The molecule has 2 rings (SSSR count). The number of nitrogens with one attached hydrogen (secondary N) is 1. The number of nitrogens with zero attached hydrogens (tertiary/aromatic N) is 1. The van der Waals surface area contributed by atoms with Gasteiger partial charge in [0.15, 0.2) is 0 Å². The van der Waals surface area contributed by atoms with Crippen LogP contribution in [0, 0.1) is 0 Å². The molecule has 2 amide bonds. The number of carbonyl (C=O) groups excluding carboxylic acids is 2. The van der Waals surface area contributed by atoms with Crippen LogP contribution < -0.4 is 5.32 Å². The fraction of sp³-hybridized carbons (Fsp3) is 0.364. The lowest BCUT2D eigenvalue weighted by Crippen LogP contribution is -2.48. The average molecular weight is 421 g/mol. The molecule has 1 N–H and O–H groups in total. The van der Waals surface area contributed by atoms with Crippen LogP contribution in [0.4, 0.5) is 0 Å². The molecule has 1 atom stereocenters. The second kappa shape index (κ2) is 11.1. The first-order valence-electron chi connectivity index (χ1n) is 9.46. The number of hydrogen-bond acceptors (Lipinski definition) is 2. The third kappa shape index (κ3) is 6.84. The van der Waals surface area contributed by atoms with Crippen molar-refractivity contribution >= 4 is 35.0 Å². The second-order valence-corrected chi connectivity index (χ2v) is 7.64. The van der Waals surface area contributed by atoms with Gasteiger partial charge in [-0.1, -0.05) is 60.8 Å². The predicted molar refractivity (Wildman–Crippen MR) is 115 cm³/mol. The molecule has 0 heterocycles. The molecule has 2 aromatic rings. The molecule has 0 aromatic heterocycles. The Bertz CT molecular complexity index is 776. The minimum Gasteiger partial charge on any atom is -0.354 e. The monoisotopic (exact) mass is 420 g/mol. The summed E-state index contributed by atoms with van der Waals surface area (Å²) in [6, 6.07) is 13.9. The van der Waals surface area contributed by atoms with Gasteiger partial charge in [0.2, 0.25) is 11.8 Å². The van der Waals surface area contributed by atoms with E-state index in [4.69, 9.17) is 23.2 Å². The summed E-state index contributed by atoms with van der Waals surface area (Å²) in [6.07, 6.45) is 2.12. The van der Waals surface area contributed by atoms with Crippen molar-refractivity contribution in [3.63, 3.8) is 0 Å². The van der Waals surface area contributed by atoms with Crippen molar-refractivity contribution in [2.24, 2.45) is 0 Å². The number of amides is 2. The van der Waals surface area contributed by atoms with Crippen LogP contribution in [-0.4, -0.2) is 29.3 Å². The minimum absolute atomic E-state index is 0.115. The van der Waals surface area contributed by atoms with E-state index < -0.39 is 6.04 Å². The predicted octanol–water partition coefficient (Wildman–Crippen LogP) is 4.87. The summed E-state index contributed by atoms with van der Waals surface area (Å²) >= 11 is 11.9. The molecule has 0 saturated carbocycles. The first kappa shape index (κ1) is 22.3. The molecule has 0 unspecified atom stereocenters. The van der Waals surface area contributed by atoms with Crippen LogP contribution in [0.25, 0.3) is 0 Å². The molecule has 0 fully saturated rings. The molecule has 2 aromatic carbocycles. The van der Waals surface area contributed by atoms with Crippen LogP contribution in [0.3, 0.4) is 0 Å². The van der Waals surface area contributed by atoms with E-state index >= 15 is 0 Å². The summed E-state index contributed by atoms with van der Waals surface area (Å²) < 4.78 is 0. The molecule has 6 heteroatoms. The third-order valence-corrected chi connectivity index (χ3v) is 5.04. The quantitative estimate of drug-likeness (QED) is 0.588. The van der Waals surface area contributed by atoms with Crippen LogP contribution in [0.2, 0.25) is 10.0 Å². The standard InChI is InChI=1S/C22H26Cl2N2O2/c1-3-4-13-25-22(28)16(2)26(15-18-7-11-20(24)12-8-18)21(27)14-17-5-9-19(23)10-6-17/h5-12,16H,3-4,13-15H2,1-2H3,(H,25,28)/t16-/m1/s1. The van der Waals surface area contributed by atoms with Crippen molar-refractivity contribution in [3.05, 3.63) is 69.7 Å². The van der Waals surface area contributed by atoms with E-state index in [1.54, 1.807) is 36.1 Å². The minimum atomic E-state index is -0.577. The van der Waals surface area contributed by atoms with Crippen molar-refractivity contribution in [3.8, 4) is 0 Å². The molecular weight excluding hydrogens is 395 g/mol. The molecule has 4 nitrogen and oxygen atoms in total. The van der Waals surface area contributed by atoms with Crippen molar-refractivity contribution < 1.29 is 9.59 Å². The number of halogens is 2. The SMILES string of the molecule is CCCCNC(=O)[C@@H](C)N(Cc1ccc(Cl)cc1)C(=O)Cc1ccc(Cl)cc1. The molecule has 28 heavy (non-hydrogen) atoms. The van der Waals surface area contributed by atoms with Crippen LogP contribution >= 0.6 is 23.2 Å². The highest BCUT2D eigenvalue weighted by Gasteiger charge is 2.26. The lowest BCUT2D eigenvalue weighted by molar-refractivity contribution is -0.140. The van der Waals surface area contributed by atoms with Gasteiger partial charge in [-0.3, -0.25) is 9.59 Å². The Morgan fingerprint density at radius 2 is 1.50 bits per heavy atom.